The van der Waals surface area contributed by atoms with Crippen molar-refractivity contribution in [3.05, 3.63) is 0 Å². The highest BCUT2D eigenvalue weighted by Gasteiger charge is 2.34. The van der Waals surface area contributed by atoms with Gasteiger partial charge in [-0.2, -0.15) is 0 Å². The lowest BCUT2D eigenvalue weighted by Gasteiger charge is -2.40. The fraction of sp³-hybridized carbons (Fsp3) is 0.800. The molecule has 0 unspecified atom stereocenters. The van der Waals surface area contributed by atoms with Crippen molar-refractivity contribution in [1.82, 2.24) is 4.90 Å². The van der Waals surface area contributed by atoms with Crippen LogP contribution in [0.25, 0.3) is 0 Å². The Balaban J connectivity index is 2.42. The summed E-state index contributed by atoms with van der Waals surface area (Å²) in [7, 11) is 0. The molecule has 0 aliphatic carbocycles. The van der Waals surface area contributed by atoms with Crippen LogP contribution in [-0.4, -0.2) is 35.5 Å². The van der Waals surface area contributed by atoms with E-state index >= 15 is 0 Å². The molecule has 1 saturated heterocycles. The molecule has 0 aromatic carbocycles. The number of likely N-dealkylation sites (tertiary alicyclic amines) is 1. The van der Waals surface area contributed by atoms with Gasteiger partial charge < -0.3 is 14.4 Å². The van der Waals surface area contributed by atoms with Gasteiger partial charge in [-0.3, -0.25) is 0 Å². The minimum absolute atomic E-state index is 0.0577. The third kappa shape index (κ3) is 2.72. The van der Waals surface area contributed by atoms with Crippen LogP contribution in [0.15, 0.2) is 0 Å². The Morgan fingerprint density at radius 2 is 2.21 bits per heavy atom. The fourth-order valence-corrected chi connectivity index (χ4v) is 1.36. The van der Waals surface area contributed by atoms with E-state index in [-0.39, 0.29) is 12.1 Å². The number of carbonyl (C=O) groups excluding carboxylic acids is 2. The van der Waals surface area contributed by atoms with E-state index in [1.165, 1.54) is 0 Å². The maximum absolute atomic E-state index is 11.5. The Kier molecular flexibility index (Phi) is 3.13. The number of hydrogen-bond acceptors (Lipinski definition) is 3. The number of nitrogens with zero attached hydrogens (tertiary/aromatic N) is 1. The zero-order valence-electron chi connectivity index (χ0n) is 8.95. The average Bonchev–Trinajstić information content (AvgIpc) is 1.93. The van der Waals surface area contributed by atoms with Crippen LogP contribution in [0.2, 0.25) is 0 Å². The van der Waals surface area contributed by atoms with Crippen LogP contribution >= 0.6 is 0 Å². The molecule has 4 nitrogen and oxygen atoms in total. The molecule has 0 saturated carbocycles. The second kappa shape index (κ2) is 3.98. The van der Waals surface area contributed by atoms with Gasteiger partial charge in [0.15, 0.2) is 0 Å². The first-order valence-electron chi connectivity index (χ1n) is 4.87. The van der Waals surface area contributed by atoms with E-state index in [0.717, 1.165) is 12.7 Å². The summed E-state index contributed by atoms with van der Waals surface area (Å²) in [4.78, 5) is 23.4. The van der Waals surface area contributed by atoms with Gasteiger partial charge in [0, 0.05) is 19.0 Å². The molecule has 1 aliphatic rings. The molecule has 1 fully saturated rings. The van der Waals surface area contributed by atoms with Gasteiger partial charge in [-0.1, -0.05) is 0 Å². The maximum atomic E-state index is 11.5. The van der Waals surface area contributed by atoms with E-state index in [2.05, 4.69) is 0 Å². The topological polar surface area (TPSA) is 46.6 Å². The van der Waals surface area contributed by atoms with Crippen molar-refractivity contribution < 1.29 is 14.3 Å². The largest absolute Gasteiger partial charge is 0.444 e. The molecule has 1 atom stereocenters. The molecule has 0 radical (unpaired) electrons. The van der Waals surface area contributed by atoms with Crippen molar-refractivity contribution in [3.8, 4) is 0 Å². The number of aldehydes is 1. The molecule has 1 amide bonds. The number of amides is 1. The molecule has 0 aromatic heterocycles. The Bertz CT molecular complexity index is 232. The van der Waals surface area contributed by atoms with Gasteiger partial charge in [0.1, 0.15) is 11.9 Å². The summed E-state index contributed by atoms with van der Waals surface area (Å²) in [6.07, 6.45) is 1.86. The smallest absolute Gasteiger partial charge is 0.410 e. The highest BCUT2D eigenvalue weighted by Crippen LogP contribution is 2.22. The summed E-state index contributed by atoms with van der Waals surface area (Å²) in [5.41, 5.74) is -0.460. The maximum Gasteiger partial charge on any atom is 0.410 e. The van der Waals surface area contributed by atoms with E-state index in [0.29, 0.717) is 13.0 Å². The molecule has 1 rings (SSSR count). The van der Waals surface area contributed by atoms with Crippen molar-refractivity contribution in [1.29, 1.82) is 0 Å². The van der Waals surface area contributed by atoms with E-state index in [9.17, 15) is 9.59 Å². The Hall–Kier alpha value is -1.06. The summed E-state index contributed by atoms with van der Waals surface area (Å²) < 4.78 is 5.19. The fourth-order valence-electron chi connectivity index (χ4n) is 1.36. The van der Waals surface area contributed by atoms with Gasteiger partial charge in [-0.25, -0.2) is 4.79 Å². The SMILES string of the molecule is CC(C)(C)OC(=O)N1CC[C@@H]1CC=O. The first-order valence-corrected chi connectivity index (χ1v) is 4.87. The lowest BCUT2D eigenvalue weighted by molar-refractivity contribution is -0.109. The molecule has 0 aromatic rings. The average molecular weight is 199 g/mol. The zero-order chi connectivity index (χ0) is 10.8. The molecule has 0 bridgehead atoms. The van der Waals surface area contributed by atoms with Crippen LogP contribution in [0, 0.1) is 0 Å². The number of carbonyl (C=O) groups is 2. The quantitative estimate of drug-likeness (QED) is 0.634. The van der Waals surface area contributed by atoms with Gasteiger partial charge >= 0.3 is 6.09 Å². The number of hydrogen-bond donors (Lipinski definition) is 0. The molecular weight excluding hydrogens is 182 g/mol. The third-order valence-corrected chi connectivity index (χ3v) is 2.14. The van der Waals surface area contributed by atoms with Crippen LogP contribution in [0.5, 0.6) is 0 Å². The van der Waals surface area contributed by atoms with Crippen molar-refractivity contribution >= 4 is 12.4 Å². The first-order chi connectivity index (χ1) is 6.44. The third-order valence-electron chi connectivity index (χ3n) is 2.14. The summed E-state index contributed by atoms with van der Waals surface area (Å²) in [6, 6.07) is 0.0577. The minimum Gasteiger partial charge on any atom is -0.444 e. The first kappa shape index (κ1) is 11.0. The van der Waals surface area contributed by atoms with Crippen molar-refractivity contribution in [2.24, 2.45) is 0 Å². The molecule has 1 heterocycles. The highest BCUT2D eigenvalue weighted by molar-refractivity contribution is 5.70. The standard InChI is InChI=1S/C10H17NO3/c1-10(2,3)14-9(13)11-6-4-8(11)5-7-12/h7-8H,4-6H2,1-3H3/t8-/m1/s1. The molecule has 4 heteroatoms. The minimum atomic E-state index is -0.460. The monoisotopic (exact) mass is 199 g/mol. The van der Waals surface area contributed by atoms with Crippen molar-refractivity contribution in [3.63, 3.8) is 0 Å². The predicted octanol–water partition coefficient (Wildman–Crippen LogP) is 1.58. The van der Waals surface area contributed by atoms with E-state index in [1.54, 1.807) is 4.90 Å². The van der Waals surface area contributed by atoms with Crippen LogP contribution in [0.3, 0.4) is 0 Å². The number of ether oxygens (including phenoxy) is 1. The molecule has 1 aliphatic heterocycles. The van der Waals surface area contributed by atoms with Crippen LogP contribution in [0.4, 0.5) is 4.79 Å². The Morgan fingerprint density at radius 3 is 2.57 bits per heavy atom. The van der Waals surface area contributed by atoms with Crippen molar-refractivity contribution in [2.75, 3.05) is 6.54 Å². The van der Waals surface area contributed by atoms with E-state index in [1.807, 2.05) is 20.8 Å². The Morgan fingerprint density at radius 1 is 1.57 bits per heavy atom. The van der Waals surface area contributed by atoms with Gasteiger partial charge in [0.25, 0.3) is 0 Å². The highest BCUT2D eigenvalue weighted by atomic mass is 16.6. The van der Waals surface area contributed by atoms with Gasteiger partial charge in [-0.05, 0) is 27.2 Å². The van der Waals surface area contributed by atoms with Crippen LogP contribution in [-0.2, 0) is 9.53 Å². The lowest BCUT2D eigenvalue weighted by Crippen LogP contribution is -2.52. The molecule has 0 spiro atoms. The second-order valence-electron chi connectivity index (χ2n) is 4.52. The summed E-state index contributed by atoms with van der Waals surface area (Å²) >= 11 is 0. The number of rotatable bonds is 2. The van der Waals surface area contributed by atoms with E-state index < -0.39 is 5.60 Å². The molecule has 0 N–H and O–H groups in total. The zero-order valence-corrected chi connectivity index (χ0v) is 8.95. The summed E-state index contributed by atoms with van der Waals surface area (Å²) in [5.74, 6) is 0. The molecule has 14 heavy (non-hydrogen) atoms. The second-order valence-corrected chi connectivity index (χ2v) is 4.52. The predicted molar refractivity (Wildman–Crippen MR) is 52.0 cm³/mol. The van der Waals surface area contributed by atoms with Crippen LogP contribution < -0.4 is 0 Å². The summed E-state index contributed by atoms with van der Waals surface area (Å²) in [5, 5.41) is 0. The normalized spacial score (nSPS) is 21.4. The molecule has 80 valence electrons. The van der Waals surface area contributed by atoms with Gasteiger partial charge in [0.2, 0.25) is 0 Å². The molecular formula is C10H17NO3. The van der Waals surface area contributed by atoms with Gasteiger partial charge in [-0.15, -0.1) is 0 Å². The Labute approximate surface area is 84.2 Å². The lowest BCUT2D eigenvalue weighted by atomic mass is 10.0. The van der Waals surface area contributed by atoms with Crippen molar-refractivity contribution in [2.45, 2.75) is 45.3 Å². The van der Waals surface area contributed by atoms with Crippen LogP contribution in [0.1, 0.15) is 33.6 Å². The van der Waals surface area contributed by atoms with Gasteiger partial charge in [0.05, 0.1) is 0 Å². The summed E-state index contributed by atoms with van der Waals surface area (Å²) in [6.45, 7) is 6.20. The van der Waals surface area contributed by atoms with E-state index in [4.69, 9.17) is 4.74 Å².